The van der Waals surface area contributed by atoms with Gasteiger partial charge in [0.05, 0.1) is 5.92 Å². The second-order valence-electron chi connectivity index (χ2n) is 6.79. The first-order valence-corrected chi connectivity index (χ1v) is 8.82. The number of nitrogens with one attached hydrogen (secondary N) is 1. The van der Waals surface area contributed by atoms with E-state index in [1.807, 2.05) is 28.9 Å². The molecule has 2 aliphatic rings. The molecule has 1 fully saturated rings. The van der Waals surface area contributed by atoms with Crippen molar-refractivity contribution >= 4 is 18.3 Å². The lowest BCUT2D eigenvalue weighted by molar-refractivity contribution is -0.136. The van der Waals surface area contributed by atoms with Crippen LogP contribution in [-0.4, -0.2) is 40.0 Å². The molecule has 1 aliphatic carbocycles. The zero-order valence-corrected chi connectivity index (χ0v) is 15.3. The molecule has 134 valence electrons. The van der Waals surface area contributed by atoms with Gasteiger partial charge in [0.15, 0.2) is 0 Å². The molecule has 0 spiro atoms. The van der Waals surface area contributed by atoms with Gasteiger partial charge in [-0.05, 0) is 30.4 Å². The largest absolute Gasteiger partial charge is 0.336 e. The molecule has 6 heteroatoms. The number of piperazine rings is 1. The number of halogens is 1. The van der Waals surface area contributed by atoms with Gasteiger partial charge in [-0.2, -0.15) is 0 Å². The minimum Gasteiger partial charge on any atom is -0.336 e. The van der Waals surface area contributed by atoms with Crippen LogP contribution in [0, 0.1) is 0 Å². The third-order valence-electron chi connectivity index (χ3n) is 5.35. The smallest absolute Gasteiger partial charge is 0.230 e. The first-order chi connectivity index (χ1) is 11.8. The zero-order chi connectivity index (χ0) is 16.5. The van der Waals surface area contributed by atoms with E-state index >= 15 is 0 Å². The molecule has 0 radical (unpaired) electrons. The molecule has 1 N–H and O–H groups in total. The molecule has 2 aromatic rings. The average molecular weight is 361 g/mol. The van der Waals surface area contributed by atoms with E-state index < -0.39 is 0 Å². The van der Waals surface area contributed by atoms with Crippen LogP contribution < -0.4 is 5.32 Å². The standard InChI is InChI=1S/C19H24N4O.ClH/c1-22-11-10-21-18(22)17-13-20-9-12-23(17)19(24)16-8-4-6-14-5-2-3-7-15(14)16;/h2-3,5,7,10-11,16-17,20H,4,6,8-9,12-13H2,1H3;1H. The van der Waals surface area contributed by atoms with Gasteiger partial charge < -0.3 is 14.8 Å². The monoisotopic (exact) mass is 360 g/mol. The number of carbonyl (C=O) groups is 1. The van der Waals surface area contributed by atoms with Crippen molar-refractivity contribution in [2.45, 2.75) is 31.2 Å². The number of imidazole rings is 1. The fraction of sp³-hybridized carbons (Fsp3) is 0.474. The van der Waals surface area contributed by atoms with E-state index in [1.165, 1.54) is 11.1 Å². The number of amides is 1. The Kier molecular flexibility index (Phi) is 5.45. The lowest BCUT2D eigenvalue weighted by Crippen LogP contribution is -2.51. The second-order valence-corrected chi connectivity index (χ2v) is 6.79. The maximum absolute atomic E-state index is 13.4. The summed E-state index contributed by atoms with van der Waals surface area (Å²) in [5.74, 6) is 1.21. The van der Waals surface area contributed by atoms with E-state index in [9.17, 15) is 4.79 Å². The lowest BCUT2D eigenvalue weighted by atomic mass is 9.81. The molecule has 1 saturated heterocycles. The highest BCUT2D eigenvalue weighted by molar-refractivity contribution is 5.85. The van der Waals surface area contributed by atoms with Gasteiger partial charge in [-0.15, -0.1) is 12.4 Å². The molecule has 0 bridgehead atoms. The van der Waals surface area contributed by atoms with Crippen molar-refractivity contribution in [3.63, 3.8) is 0 Å². The maximum atomic E-state index is 13.4. The topological polar surface area (TPSA) is 50.2 Å². The number of nitrogens with zero attached hydrogens (tertiary/aromatic N) is 3. The first kappa shape index (κ1) is 18.0. The highest BCUT2D eigenvalue weighted by atomic mass is 35.5. The van der Waals surface area contributed by atoms with Crippen LogP contribution in [0.2, 0.25) is 0 Å². The van der Waals surface area contributed by atoms with E-state index in [0.717, 1.165) is 44.7 Å². The normalized spacial score (nSPS) is 22.8. The summed E-state index contributed by atoms with van der Waals surface area (Å²) in [5, 5.41) is 3.41. The van der Waals surface area contributed by atoms with Gasteiger partial charge >= 0.3 is 0 Å². The van der Waals surface area contributed by atoms with Crippen LogP contribution in [-0.2, 0) is 18.3 Å². The van der Waals surface area contributed by atoms with Crippen molar-refractivity contribution in [3.8, 4) is 0 Å². The van der Waals surface area contributed by atoms with Crippen LogP contribution in [0.15, 0.2) is 36.7 Å². The summed E-state index contributed by atoms with van der Waals surface area (Å²) in [4.78, 5) is 19.9. The van der Waals surface area contributed by atoms with Crippen LogP contribution in [0.3, 0.4) is 0 Å². The Bertz CT molecular complexity index is 745. The Labute approximate surface area is 154 Å². The number of aromatic nitrogens is 2. The van der Waals surface area contributed by atoms with Gasteiger partial charge in [-0.1, -0.05) is 24.3 Å². The summed E-state index contributed by atoms with van der Waals surface area (Å²) in [7, 11) is 2.00. The van der Waals surface area contributed by atoms with Crippen molar-refractivity contribution in [1.82, 2.24) is 19.8 Å². The molecule has 1 aromatic heterocycles. The van der Waals surface area contributed by atoms with Gasteiger partial charge in [0.25, 0.3) is 0 Å². The molecular formula is C19H25ClN4O. The third-order valence-corrected chi connectivity index (χ3v) is 5.35. The number of carbonyl (C=O) groups excluding carboxylic acids is 1. The van der Waals surface area contributed by atoms with Crippen LogP contribution in [0.25, 0.3) is 0 Å². The van der Waals surface area contributed by atoms with Crippen LogP contribution >= 0.6 is 12.4 Å². The van der Waals surface area contributed by atoms with E-state index in [1.54, 1.807) is 0 Å². The Balaban J connectivity index is 0.00000182. The van der Waals surface area contributed by atoms with Gasteiger partial charge in [0.2, 0.25) is 5.91 Å². The number of hydrogen-bond acceptors (Lipinski definition) is 3. The molecule has 2 unspecified atom stereocenters. The van der Waals surface area contributed by atoms with Gasteiger partial charge in [0.1, 0.15) is 11.9 Å². The van der Waals surface area contributed by atoms with Crippen molar-refractivity contribution in [2.24, 2.45) is 7.05 Å². The fourth-order valence-electron chi connectivity index (χ4n) is 4.11. The zero-order valence-electron chi connectivity index (χ0n) is 14.5. The Morgan fingerprint density at radius 3 is 2.96 bits per heavy atom. The average Bonchev–Trinajstić information content (AvgIpc) is 3.06. The highest BCUT2D eigenvalue weighted by Gasteiger charge is 2.36. The summed E-state index contributed by atoms with van der Waals surface area (Å²) < 4.78 is 2.02. The van der Waals surface area contributed by atoms with Crippen molar-refractivity contribution in [1.29, 1.82) is 0 Å². The quantitative estimate of drug-likeness (QED) is 0.894. The highest BCUT2D eigenvalue weighted by Crippen LogP contribution is 2.35. The fourth-order valence-corrected chi connectivity index (χ4v) is 4.11. The molecule has 4 rings (SSSR count). The summed E-state index contributed by atoms with van der Waals surface area (Å²) in [6.45, 7) is 2.36. The predicted molar refractivity (Wildman–Crippen MR) is 99.9 cm³/mol. The molecule has 2 heterocycles. The molecule has 1 amide bonds. The van der Waals surface area contributed by atoms with E-state index in [2.05, 4.69) is 34.6 Å². The van der Waals surface area contributed by atoms with Gasteiger partial charge in [0, 0.05) is 39.1 Å². The first-order valence-electron chi connectivity index (χ1n) is 8.82. The Morgan fingerprint density at radius 1 is 1.32 bits per heavy atom. The summed E-state index contributed by atoms with van der Waals surface area (Å²) >= 11 is 0. The molecule has 2 atom stereocenters. The van der Waals surface area contributed by atoms with E-state index in [-0.39, 0.29) is 30.3 Å². The van der Waals surface area contributed by atoms with Crippen molar-refractivity contribution in [3.05, 3.63) is 53.6 Å². The lowest BCUT2D eigenvalue weighted by Gasteiger charge is -2.39. The third kappa shape index (κ3) is 3.31. The number of aryl methyl sites for hydroxylation is 2. The van der Waals surface area contributed by atoms with Crippen molar-refractivity contribution < 1.29 is 4.79 Å². The summed E-state index contributed by atoms with van der Waals surface area (Å²) in [6.07, 6.45) is 6.88. The summed E-state index contributed by atoms with van der Waals surface area (Å²) in [6, 6.07) is 8.45. The summed E-state index contributed by atoms with van der Waals surface area (Å²) in [5.41, 5.74) is 2.57. The van der Waals surface area contributed by atoms with E-state index in [0.29, 0.717) is 0 Å². The number of benzene rings is 1. The predicted octanol–water partition coefficient (Wildman–Crippen LogP) is 2.43. The minimum absolute atomic E-state index is 0. The molecular weight excluding hydrogens is 336 g/mol. The molecule has 5 nitrogen and oxygen atoms in total. The van der Waals surface area contributed by atoms with E-state index in [4.69, 9.17) is 0 Å². The number of rotatable bonds is 2. The molecule has 25 heavy (non-hydrogen) atoms. The molecule has 1 aliphatic heterocycles. The number of hydrogen-bond donors (Lipinski definition) is 1. The Hall–Kier alpha value is -1.85. The minimum atomic E-state index is -0.00387. The van der Waals surface area contributed by atoms with Gasteiger partial charge in [-0.3, -0.25) is 4.79 Å². The number of fused-ring (bicyclic) bond motifs is 1. The van der Waals surface area contributed by atoms with Gasteiger partial charge in [-0.25, -0.2) is 4.98 Å². The molecule has 1 aromatic carbocycles. The van der Waals surface area contributed by atoms with Crippen LogP contribution in [0.5, 0.6) is 0 Å². The SMILES string of the molecule is Cl.Cn1ccnc1C1CNCCN1C(=O)C1CCCc2ccccc21. The van der Waals surface area contributed by atoms with Crippen LogP contribution in [0.1, 0.15) is 41.8 Å². The van der Waals surface area contributed by atoms with Crippen LogP contribution in [0.4, 0.5) is 0 Å². The Morgan fingerprint density at radius 2 is 2.16 bits per heavy atom. The second kappa shape index (κ2) is 7.58. The van der Waals surface area contributed by atoms with Crippen molar-refractivity contribution in [2.75, 3.05) is 19.6 Å². The molecule has 0 saturated carbocycles. The maximum Gasteiger partial charge on any atom is 0.230 e.